The lowest BCUT2D eigenvalue weighted by atomic mass is 9.96. The highest BCUT2D eigenvalue weighted by atomic mass is 32.2. The third kappa shape index (κ3) is 2.12. The van der Waals surface area contributed by atoms with E-state index in [1.165, 1.54) is 35.6 Å². The van der Waals surface area contributed by atoms with Gasteiger partial charge >= 0.3 is 5.97 Å². The van der Waals surface area contributed by atoms with Crippen LogP contribution in [0.25, 0.3) is 11.0 Å². The van der Waals surface area contributed by atoms with Gasteiger partial charge in [-0.2, -0.15) is 0 Å². The van der Waals surface area contributed by atoms with Crippen LogP contribution in [0.1, 0.15) is 24.2 Å². The van der Waals surface area contributed by atoms with Crippen molar-refractivity contribution in [2.24, 2.45) is 0 Å². The molecule has 1 aliphatic carbocycles. The number of carboxylic acid groups (broad SMARTS) is 1. The molecule has 1 aromatic carbocycles. The lowest BCUT2D eigenvalue weighted by Gasteiger charge is -2.08. The fourth-order valence-electron chi connectivity index (χ4n) is 2.48. The molecule has 0 saturated heterocycles. The summed E-state index contributed by atoms with van der Waals surface area (Å²) in [6.45, 7) is 0. The highest BCUT2D eigenvalue weighted by molar-refractivity contribution is 8.00. The summed E-state index contributed by atoms with van der Waals surface area (Å²) < 4.78 is 5.88. The number of thioether (sulfide) groups is 1. The average molecular weight is 262 g/mol. The van der Waals surface area contributed by atoms with E-state index in [0.717, 1.165) is 29.1 Å². The van der Waals surface area contributed by atoms with E-state index in [-0.39, 0.29) is 5.75 Å². The summed E-state index contributed by atoms with van der Waals surface area (Å²) in [5.41, 5.74) is 2.25. The van der Waals surface area contributed by atoms with E-state index in [1.54, 1.807) is 0 Å². The second-order valence-electron chi connectivity index (χ2n) is 4.55. The normalized spacial score (nSPS) is 14.7. The minimum absolute atomic E-state index is 0.0892. The zero-order valence-electron chi connectivity index (χ0n) is 9.94. The van der Waals surface area contributed by atoms with Gasteiger partial charge in [0.2, 0.25) is 0 Å². The number of hydrogen-bond donors (Lipinski definition) is 1. The van der Waals surface area contributed by atoms with Crippen LogP contribution in [-0.2, 0) is 17.6 Å². The lowest BCUT2D eigenvalue weighted by molar-refractivity contribution is -0.133. The highest BCUT2D eigenvalue weighted by Gasteiger charge is 2.17. The molecule has 4 heteroatoms. The minimum Gasteiger partial charge on any atom is -0.481 e. The first-order valence-electron chi connectivity index (χ1n) is 6.13. The van der Waals surface area contributed by atoms with Crippen LogP contribution in [0.3, 0.4) is 0 Å². The van der Waals surface area contributed by atoms with Gasteiger partial charge in [-0.1, -0.05) is 0 Å². The van der Waals surface area contributed by atoms with Crippen molar-refractivity contribution in [1.82, 2.24) is 0 Å². The standard InChI is InChI=1S/C14H14O3S/c15-14(16)8-18-9-5-6-11-10-3-1-2-4-12(10)17-13(11)7-9/h5-7H,1-4,8H2,(H,15,16). The SMILES string of the molecule is O=C(O)CSc1ccc2c3c(oc2c1)CCCC3. The molecular formula is C14H14O3S. The molecule has 0 bridgehead atoms. The van der Waals surface area contributed by atoms with Crippen LogP contribution in [-0.4, -0.2) is 16.8 Å². The van der Waals surface area contributed by atoms with Gasteiger partial charge in [0, 0.05) is 22.3 Å². The second kappa shape index (κ2) is 4.69. The van der Waals surface area contributed by atoms with Crippen molar-refractivity contribution in [1.29, 1.82) is 0 Å². The Kier molecular flexibility index (Phi) is 3.04. The number of carbonyl (C=O) groups is 1. The molecule has 1 aromatic heterocycles. The topological polar surface area (TPSA) is 50.4 Å². The number of aliphatic carboxylic acids is 1. The van der Waals surface area contributed by atoms with Crippen LogP contribution in [0, 0.1) is 0 Å². The van der Waals surface area contributed by atoms with Gasteiger partial charge in [0.15, 0.2) is 0 Å². The van der Waals surface area contributed by atoms with Gasteiger partial charge in [-0.25, -0.2) is 0 Å². The van der Waals surface area contributed by atoms with Crippen LogP contribution >= 0.6 is 11.8 Å². The first-order chi connectivity index (χ1) is 8.74. The van der Waals surface area contributed by atoms with E-state index >= 15 is 0 Å². The van der Waals surface area contributed by atoms with E-state index in [1.807, 2.05) is 12.1 Å². The van der Waals surface area contributed by atoms with Crippen molar-refractivity contribution in [3.05, 3.63) is 29.5 Å². The summed E-state index contributed by atoms with van der Waals surface area (Å²) in [4.78, 5) is 11.5. The zero-order valence-corrected chi connectivity index (χ0v) is 10.8. The summed E-state index contributed by atoms with van der Waals surface area (Å²) >= 11 is 1.33. The second-order valence-corrected chi connectivity index (χ2v) is 5.60. The van der Waals surface area contributed by atoms with Gasteiger partial charge < -0.3 is 9.52 Å². The fourth-order valence-corrected chi connectivity index (χ4v) is 3.12. The molecule has 3 nitrogen and oxygen atoms in total. The van der Waals surface area contributed by atoms with Crippen molar-refractivity contribution in [2.45, 2.75) is 30.6 Å². The van der Waals surface area contributed by atoms with Gasteiger partial charge in [0.1, 0.15) is 11.3 Å². The van der Waals surface area contributed by atoms with Crippen molar-refractivity contribution in [3.63, 3.8) is 0 Å². The van der Waals surface area contributed by atoms with Crippen LogP contribution in [0.2, 0.25) is 0 Å². The molecule has 0 radical (unpaired) electrons. The number of benzene rings is 1. The van der Waals surface area contributed by atoms with E-state index in [2.05, 4.69) is 6.07 Å². The maximum atomic E-state index is 10.6. The smallest absolute Gasteiger partial charge is 0.313 e. The molecular weight excluding hydrogens is 248 g/mol. The average Bonchev–Trinajstić information content (AvgIpc) is 2.73. The Morgan fingerprint density at radius 3 is 3.00 bits per heavy atom. The van der Waals surface area contributed by atoms with Crippen LogP contribution in [0.4, 0.5) is 0 Å². The molecule has 0 fully saturated rings. The van der Waals surface area contributed by atoms with Gasteiger partial charge in [-0.3, -0.25) is 4.79 Å². The number of furan rings is 1. The fraction of sp³-hybridized carbons (Fsp3) is 0.357. The minimum atomic E-state index is -0.793. The summed E-state index contributed by atoms with van der Waals surface area (Å²) in [7, 11) is 0. The maximum absolute atomic E-state index is 10.6. The summed E-state index contributed by atoms with van der Waals surface area (Å²) in [6, 6.07) is 6.01. The first-order valence-corrected chi connectivity index (χ1v) is 7.11. The predicted octanol–water partition coefficient (Wildman–Crippen LogP) is 3.49. The maximum Gasteiger partial charge on any atom is 0.313 e. The summed E-state index contributed by atoms with van der Waals surface area (Å²) in [6.07, 6.45) is 4.57. The number of hydrogen-bond acceptors (Lipinski definition) is 3. The molecule has 0 saturated carbocycles. The molecule has 0 atom stereocenters. The van der Waals surface area contributed by atoms with E-state index in [4.69, 9.17) is 9.52 Å². The van der Waals surface area contributed by atoms with Crippen LogP contribution < -0.4 is 0 Å². The summed E-state index contributed by atoms with van der Waals surface area (Å²) in [5.74, 6) is 0.418. The monoisotopic (exact) mass is 262 g/mol. The largest absolute Gasteiger partial charge is 0.481 e. The number of aryl methyl sites for hydroxylation is 2. The zero-order chi connectivity index (χ0) is 12.5. The Bertz CT molecular complexity index is 600. The van der Waals surface area contributed by atoms with Crippen molar-refractivity contribution < 1.29 is 14.3 Å². The van der Waals surface area contributed by atoms with Crippen molar-refractivity contribution in [3.8, 4) is 0 Å². The van der Waals surface area contributed by atoms with Crippen molar-refractivity contribution in [2.75, 3.05) is 5.75 Å². The molecule has 1 N–H and O–H groups in total. The molecule has 2 aromatic rings. The van der Waals surface area contributed by atoms with Gasteiger partial charge in [0.25, 0.3) is 0 Å². The molecule has 18 heavy (non-hydrogen) atoms. The molecule has 1 heterocycles. The Morgan fingerprint density at radius 1 is 1.33 bits per heavy atom. The summed E-state index contributed by atoms with van der Waals surface area (Å²) in [5, 5.41) is 9.87. The van der Waals surface area contributed by atoms with Gasteiger partial charge in [-0.15, -0.1) is 11.8 Å². The highest BCUT2D eigenvalue weighted by Crippen LogP contribution is 2.34. The quantitative estimate of drug-likeness (QED) is 0.860. The molecule has 3 rings (SSSR count). The Morgan fingerprint density at radius 2 is 2.17 bits per heavy atom. The first kappa shape index (κ1) is 11.7. The van der Waals surface area contributed by atoms with E-state index in [0.29, 0.717) is 0 Å². The predicted molar refractivity (Wildman–Crippen MR) is 71.2 cm³/mol. The number of rotatable bonds is 3. The van der Waals surface area contributed by atoms with Gasteiger partial charge in [-0.05, 0) is 37.5 Å². The number of fused-ring (bicyclic) bond motifs is 3. The molecule has 0 amide bonds. The molecule has 0 spiro atoms. The van der Waals surface area contributed by atoms with Crippen molar-refractivity contribution >= 4 is 28.7 Å². The molecule has 1 aliphatic rings. The Labute approximate surface area is 109 Å². The molecule has 94 valence electrons. The lowest BCUT2D eigenvalue weighted by Crippen LogP contribution is -1.98. The third-order valence-electron chi connectivity index (χ3n) is 3.29. The third-order valence-corrected chi connectivity index (χ3v) is 4.27. The van der Waals surface area contributed by atoms with E-state index in [9.17, 15) is 4.79 Å². The van der Waals surface area contributed by atoms with E-state index < -0.39 is 5.97 Å². The number of carboxylic acids is 1. The van der Waals surface area contributed by atoms with Crippen LogP contribution in [0.5, 0.6) is 0 Å². The Balaban J connectivity index is 1.95. The van der Waals surface area contributed by atoms with Crippen LogP contribution in [0.15, 0.2) is 27.5 Å². The molecule has 0 unspecified atom stereocenters. The van der Waals surface area contributed by atoms with Gasteiger partial charge in [0.05, 0.1) is 5.75 Å². The Hall–Kier alpha value is -1.42. The molecule has 0 aliphatic heterocycles.